The summed E-state index contributed by atoms with van der Waals surface area (Å²) in [6, 6.07) is 9.16. The van der Waals surface area contributed by atoms with Gasteiger partial charge in [0.2, 0.25) is 0 Å². The van der Waals surface area contributed by atoms with Crippen molar-refractivity contribution in [3.8, 4) is 0 Å². The lowest BCUT2D eigenvalue weighted by Crippen LogP contribution is -2.45. The maximum Gasteiger partial charge on any atom is 0.0472 e. The summed E-state index contributed by atoms with van der Waals surface area (Å²) in [5.74, 6) is 0. The zero-order valence-electron chi connectivity index (χ0n) is 12.5. The van der Waals surface area contributed by atoms with E-state index in [0.29, 0.717) is 12.6 Å². The van der Waals surface area contributed by atoms with Crippen molar-refractivity contribution in [3.63, 3.8) is 0 Å². The zero-order chi connectivity index (χ0) is 13.8. The van der Waals surface area contributed by atoms with Crippen molar-refractivity contribution in [2.24, 2.45) is 5.73 Å². The molecule has 0 aromatic heterocycles. The fourth-order valence-corrected chi connectivity index (χ4v) is 2.16. The van der Waals surface area contributed by atoms with Gasteiger partial charge in [0.15, 0.2) is 0 Å². The topological polar surface area (TPSA) is 29.3 Å². The summed E-state index contributed by atoms with van der Waals surface area (Å²) in [6.45, 7) is 9.61. The molecule has 0 heterocycles. The Kier molecular flexibility index (Phi) is 5.36. The molecule has 1 rings (SSSR count). The van der Waals surface area contributed by atoms with Gasteiger partial charge in [0.25, 0.3) is 0 Å². The number of nitrogens with two attached hydrogens (primary N) is 1. The highest BCUT2D eigenvalue weighted by Gasteiger charge is 2.27. The van der Waals surface area contributed by atoms with Crippen molar-refractivity contribution in [1.29, 1.82) is 0 Å². The summed E-state index contributed by atoms with van der Waals surface area (Å²) in [7, 11) is 2.18. The Bertz CT molecular complexity index is 354. The van der Waals surface area contributed by atoms with E-state index in [4.69, 9.17) is 5.73 Å². The highest BCUT2D eigenvalue weighted by Crippen LogP contribution is 2.28. The molecule has 1 aromatic carbocycles. The molecule has 0 amide bonds. The Hall–Kier alpha value is -0.860. The third-order valence-corrected chi connectivity index (χ3v) is 4.28. The standard InChI is InChI=1S/C16H28N2/c1-6-13-8-10-14(11-9-13)15(12-17)18(5)16(3,4)7-2/h8-11,15H,6-7,12,17H2,1-5H3. The first-order chi connectivity index (χ1) is 8.46. The number of hydrogen-bond donors (Lipinski definition) is 1. The quantitative estimate of drug-likeness (QED) is 0.836. The van der Waals surface area contributed by atoms with Crippen molar-refractivity contribution in [1.82, 2.24) is 4.90 Å². The molecule has 18 heavy (non-hydrogen) atoms. The van der Waals surface area contributed by atoms with Crippen LogP contribution >= 0.6 is 0 Å². The van der Waals surface area contributed by atoms with E-state index in [2.05, 4.69) is 63.9 Å². The van der Waals surface area contributed by atoms with Crippen molar-refractivity contribution in [2.75, 3.05) is 13.6 Å². The summed E-state index contributed by atoms with van der Waals surface area (Å²) >= 11 is 0. The van der Waals surface area contributed by atoms with Gasteiger partial charge in [-0.3, -0.25) is 4.90 Å². The van der Waals surface area contributed by atoms with Crippen LogP contribution in [0.4, 0.5) is 0 Å². The number of hydrogen-bond acceptors (Lipinski definition) is 2. The molecule has 102 valence electrons. The maximum absolute atomic E-state index is 5.99. The lowest BCUT2D eigenvalue weighted by atomic mass is 9.94. The molecule has 2 N–H and O–H groups in total. The normalized spacial score (nSPS) is 13.9. The Morgan fingerprint density at radius 2 is 1.72 bits per heavy atom. The molecular formula is C16H28N2. The van der Waals surface area contributed by atoms with Gasteiger partial charge in [-0.15, -0.1) is 0 Å². The van der Waals surface area contributed by atoms with Crippen molar-refractivity contribution in [3.05, 3.63) is 35.4 Å². The molecule has 0 radical (unpaired) electrons. The number of rotatable bonds is 6. The van der Waals surface area contributed by atoms with E-state index < -0.39 is 0 Å². The van der Waals surface area contributed by atoms with E-state index in [-0.39, 0.29) is 5.54 Å². The molecule has 0 saturated heterocycles. The summed E-state index contributed by atoms with van der Waals surface area (Å²) < 4.78 is 0. The minimum absolute atomic E-state index is 0.174. The second-order valence-electron chi connectivity index (χ2n) is 5.62. The largest absolute Gasteiger partial charge is 0.329 e. The Morgan fingerprint density at radius 1 is 1.17 bits per heavy atom. The van der Waals surface area contributed by atoms with Crippen LogP contribution in [-0.2, 0) is 6.42 Å². The van der Waals surface area contributed by atoms with Gasteiger partial charge in [0.1, 0.15) is 0 Å². The molecule has 2 nitrogen and oxygen atoms in total. The second kappa shape index (κ2) is 6.35. The van der Waals surface area contributed by atoms with Crippen molar-refractivity contribution < 1.29 is 0 Å². The van der Waals surface area contributed by atoms with E-state index in [0.717, 1.165) is 12.8 Å². The molecule has 0 bridgehead atoms. The summed E-state index contributed by atoms with van der Waals surface area (Å²) in [4.78, 5) is 2.40. The van der Waals surface area contributed by atoms with Gasteiger partial charge >= 0.3 is 0 Å². The summed E-state index contributed by atoms with van der Waals surface area (Å²) in [5, 5.41) is 0. The zero-order valence-corrected chi connectivity index (χ0v) is 12.5. The SMILES string of the molecule is CCc1ccc(C(CN)N(C)C(C)(C)CC)cc1. The van der Waals surface area contributed by atoms with E-state index in [9.17, 15) is 0 Å². The molecule has 0 fully saturated rings. The smallest absolute Gasteiger partial charge is 0.0472 e. The average molecular weight is 248 g/mol. The van der Waals surface area contributed by atoms with Gasteiger partial charge in [0, 0.05) is 18.1 Å². The van der Waals surface area contributed by atoms with Crippen LogP contribution in [0.15, 0.2) is 24.3 Å². The van der Waals surface area contributed by atoms with Crippen LogP contribution in [0.25, 0.3) is 0 Å². The molecule has 1 aromatic rings. The number of nitrogens with zero attached hydrogens (tertiary/aromatic N) is 1. The maximum atomic E-state index is 5.99. The molecule has 0 aliphatic heterocycles. The monoisotopic (exact) mass is 248 g/mol. The van der Waals surface area contributed by atoms with Crippen LogP contribution in [0.5, 0.6) is 0 Å². The third kappa shape index (κ3) is 3.33. The molecule has 2 heteroatoms. The van der Waals surface area contributed by atoms with Crippen molar-refractivity contribution in [2.45, 2.75) is 52.1 Å². The summed E-state index contributed by atoms with van der Waals surface area (Å²) in [5.41, 5.74) is 8.86. The predicted octanol–water partition coefficient (Wildman–Crippen LogP) is 3.37. The fraction of sp³-hybridized carbons (Fsp3) is 0.625. The van der Waals surface area contributed by atoms with Gasteiger partial charge in [-0.2, -0.15) is 0 Å². The molecule has 0 spiro atoms. The molecular weight excluding hydrogens is 220 g/mol. The van der Waals surface area contributed by atoms with Gasteiger partial charge in [-0.25, -0.2) is 0 Å². The highest BCUT2D eigenvalue weighted by atomic mass is 15.2. The number of likely N-dealkylation sites (N-methyl/N-ethyl adjacent to an activating group) is 1. The van der Waals surface area contributed by atoms with Gasteiger partial charge < -0.3 is 5.73 Å². The Balaban J connectivity index is 2.94. The van der Waals surface area contributed by atoms with E-state index in [1.165, 1.54) is 11.1 Å². The first-order valence-corrected chi connectivity index (χ1v) is 6.98. The molecule has 1 unspecified atom stereocenters. The van der Waals surface area contributed by atoms with Crippen molar-refractivity contribution >= 4 is 0 Å². The highest BCUT2D eigenvalue weighted by molar-refractivity contribution is 5.25. The van der Waals surface area contributed by atoms with Crippen LogP contribution in [0, 0.1) is 0 Å². The van der Waals surface area contributed by atoms with Crippen LogP contribution in [0.2, 0.25) is 0 Å². The van der Waals surface area contributed by atoms with E-state index in [1.54, 1.807) is 0 Å². The first kappa shape index (κ1) is 15.2. The van der Waals surface area contributed by atoms with Crippen LogP contribution in [0.3, 0.4) is 0 Å². The molecule has 0 aliphatic carbocycles. The van der Waals surface area contributed by atoms with E-state index >= 15 is 0 Å². The molecule has 0 aliphatic rings. The van der Waals surface area contributed by atoms with Crippen LogP contribution < -0.4 is 5.73 Å². The first-order valence-electron chi connectivity index (χ1n) is 6.98. The number of aryl methyl sites for hydroxylation is 1. The third-order valence-electron chi connectivity index (χ3n) is 4.28. The second-order valence-corrected chi connectivity index (χ2v) is 5.62. The van der Waals surface area contributed by atoms with Gasteiger partial charge in [0.05, 0.1) is 0 Å². The van der Waals surface area contributed by atoms with Gasteiger partial charge in [-0.05, 0) is 44.9 Å². The minimum atomic E-state index is 0.174. The van der Waals surface area contributed by atoms with Crippen LogP contribution in [0.1, 0.15) is 51.3 Å². The predicted molar refractivity (Wildman–Crippen MR) is 79.7 cm³/mol. The average Bonchev–Trinajstić information content (AvgIpc) is 2.40. The lowest BCUT2D eigenvalue weighted by Gasteiger charge is -2.40. The van der Waals surface area contributed by atoms with Gasteiger partial charge in [-0.1, -0.05) is 38.1 Å². The molecule has 0 saturated carbocycles. The lowest BCUT2D eigenvalue weighted by molar-refractivity contribution is 0.100. The Morgan fingerprint density at radius 3 is 2.11 bits per heavy atom. The number of benzene rings is 1. The molecule has 1 atom stereocenters. The fourth-order valence-electron chi connectivity index (χ4n) is 2.16. The van der Waals surface area contributed by atoms with E-state index in [1.807, 2.05) is 0 Å². The Labute approximate surface area is 112 Å². The minimum Gasteiger partial charge on any atom is -0.329 e. The summed E-state index contributed by atoms with van der Waals surface area (Å²) in [6.07, 6.45) is 2.21. The van der Waals surface area contributed by atoms with Crippen LogP contribution in [-0.4, -0.2) is 24.0 Å².